The number of carbonyl (C=O) groups is 1. The summed E-state index contributed by atoms with van der Waals surface area (Å²) in [6, 6.07) is 6.11. The van der Waals surface area contributed by atoms with Crippen LogP contribution in [0.25, 0.3) is 0 Å². The quantitative estimate of drug-likeness (QED) is 0.319. The summed E-state index contributed by atoms with van der Waals surface area (Å²) in [6.07, 6.45) is 10.9. The lowest BCUT2D eigenvalue weighted by Crippen LogP contribution is -2.43. The average molecular weight is 461 g/mol. The summed E-state index contributed by atoms with van der Waals surface area (Å²) in [4.78, 5) is 12.7. The number of rotatable bonds is 16. The van der Waals surface area contributed by atoms with Gasteiger partial charge in [-0.2, -0.15) is 0 Å². The standard InChI is InChI=1S/C27H44N2O4/c1-3-4-8-15-28-20-23(18-21-10-13-24-25(19-21)33-17-16-32-24)29-26(30)9-6-5-7-14-27(2,31)22-11-12-22/h10,13,19,22-23,28,31H,3-9,11-12,14-18,20H2,1-2H3,(H,29,30)/t23-,27+/m0/s1. The second-order valence-corrected chi connectivity index (χ2v) is 10.0. The van der Waals surface area contributed by atoms with Gasteiger partial charge in [-0.3, -0.25) is 4.79 Å². The molecule has 33 heavy (non-hydrogen) atoms. The Morgan fingerprint density at radius 3 is 2.67 bits per heavy atom. The first-order valence-electron chi connectivity index (χ1n) is 13.1. The predicted octanol–water partition coefficient (Wildman–Crippen LogP) is 4.38. The molecule has 2 aliphatic rings. The summed E-state index contributed by atoms with van der Waals surface area (Å²) >= 11 is 0. The normalized spacial score (nSPS) is 17.9. The van der Waals surface area contributed by atoms with Crippen molar-refractivity contribution in [2.45, 2.75) is 96.1 Å². The van der Waals surface area contributed by atoms with Crippen molar-refractivity contribution < 1.29 is 19.4 Å². The highest BCUT2D eigenvalue weighted by atomic mass is 16.6. The van der Waals surface area contributed by atoms with E-state index in [1.165, 1.54) is 12.8 Å². The Bertz CT molecular complexity index is 733. The Balaban J connectivity index is 1.43. The maximum absolute atomic E-state index is 12.7. The minimum Gasteiger partial charge on any atom is -0.486 e. The highest BCUT2D eigenvalue weighted by Crippen LogP contribution is 2.42. The van der Waals surface area contributed by atoms with Crippen LogP contribution in [0.2, 0.25) is 0 Å². The number of amides is 1. The summed E-state index contributed by atoms with van der Waals surface area (Å²) in [7, 11) is 0. The number of aliphatic hydroxyl groups is 1. The Labute approximate surface area is 199 Å². The minimum atomic E-state index is -0.513. The largest absolute Gasteiger partial charge is 0.486 e. The molecule has 1 amide bonds. The molecule has 6 heteroatoms. The van der Waals surface area contributed by atoms with E-state index in [0.29, 0.717) is 25.6 Å². The molecule has 0 saturated heterocycles. The van der Waals surface area contributed by atoms with Gasteiger partial charge >= 0.3 is 0 Å². The molecule has 186 valence electrons. The zero-order chi connectivity index (χ0) is 23.5. The van der Waals surface area contributed by atoms with E-state index >= 15 is 0 Å². The topological polar surface area (TPSA) is 79.8 Å². The van der Waals surface area contributed by atoms with Crippen molar-refractivity contribution in [3.8, 4) is 11.5 Å². The molecule has 1 saturated carbocycles. The molecule has 1 aromatic rings. The van der Waals surface area contributed by atoms with Gasteiger partial charge in [0.15, 0.2) is 11.5 Å². The summed E-state index contributed by atoms with van der Waals surface area (Å²) in [5, 5.41) is 17.2. The third-order valence-electron chi connectivity index (χ3n) is 6.85. The van der Waals surface area contributed by atoms with Gasteiger partial charge < -0.3 is 25.2 Å². The number of ether oxygens (including phenoxy) is 2. The van der Waals surface area contributed by atoms with Crippen LogP contribution in [0.5, 0.6) is 11.5 Å². The van der Waals surface area contributed by atoms with Crippen molar-refractivity contribution in [3.63, 3.8) is 0 Å². The minimum absolute atomic E-state index is 0.0392. The Morgan fingerprint density at radius 2 is 1.91 bits per heavy atom. The van der Waals surface area contributed by atoms with E-state index in [1.54, 1.807) is 0 Å². The molecule has 0 spiro atoms. The predicted molar refractivity (Wildman–Crippen MR) is 132 cm³/mol. The molecular formula is C27H44N2O4. The molecule has 0 radical (unpaired) electrons. The number of unbranched alkanes of at least 4 members (excludes halogenated alkanes) is 4. The molecule has 3 rings (SSSR count). The van der Waals surface area contributed by atoms with Gasteiger partial charge in [0.2, 0.25) is 5.91 Å². The molecular weight excluding hydrogens is 416 g/mol. The van der Waals surface area contributed by atoms with Gasteiger partial charge in [0.1, 0.15) is 13.2 Å². The summed E-state index contributed by atoms with van der Waals surface area (Å²) in [6.45, 7) is 7.07. The fourth-order valence-electron chi connectivity index (χ4n) is 4.60. The summed E-state index contributed by atoms with van der Waals surface area (Å²) in [5.74, 6) is 2.19. The second kappa shape index (κ2) is 13.2. The zero-order valence-electron chi connectivity index (χ0n) is 20.7. The van der Waals surface area contributed by atoms with Crippen molar-refractivity contribution >= 4 is 5.91 Å². The maximum Gasteiger partial charge on any atom is 0.220 e. The Morgan fingerprint density at radius 1 is 1.12 bits per heavy atom. The van der Waals surface area contributed by atoms with Crippen LogP contribution in [0, 0.1) is 5.92 Å². The number of hydrogen-bond acceptors (Lipinski definition) is 5. The third-order valence-corrected chi connectivity index (χ3v) is 6.85. The van der Waals surface area contributed by atoms with E-state index in [0.717, 1.165) is 81.5 Å². The maximum atomic E-state index is 12.7. The van der Waals surface area contributed by atoms with Crippen LogP contribution >= 0.6 is 0 Å². The molecule has 1 fully saturated rings. The lowest BCUT2D eigenvalue weighted by Gasteiger charge is -2.23. The van der Waals surface area contributed by atoms with Gasteiger partial charge in [0.05, 0.1) is 5.60 Å². The van der Waals surface area contributed by atoms with E-state index in [-0.39, 0.29) is 11.9 Å². The van der Waals surface area contributed by atoms with Crippen LogP contribution in [0.15, 0.2) is 18.2 Å². The van der Waals surface area contributed by atoms with Crippen molar-refractivity contribution in [1.29, 1.82) is 0 Å². The van der Waals surface area contributed by atoms with Crippen LogP contribution in [0.1, 0.15) is 83.6 Å². The molecule has 0 unspecified atom stereocenters. The molecule has 6 nitrogen and oxygen atoms in total. The molecule has 2 atom stereocenters. The van der Waals surface area contributed by atoms with Gasteiger partial charge in [-0.25, -0.2) is 0 Å². The van der Waals surface area contributed by atoms with Gasteiger partial charge in [-0.15, -0.1) is 0 Å². The fraction of sp³-hybridized carbons (Fsp3) is 0.741. The molecule has 1 aliphatic heterocycles. The summed E-state index contributed by atoms with van der Waals surface area (Å²) < 4.78 is 11.4. The first-order chi connectivity index (χ1) is 16.0. The van der Waals surface area contributed by atoms with E-state index in [4.69, 9.17) is 9.47 Å². The van der Waals surface area contributed by atoms with Crippen LogP contribution in [0.3, 0.4) is 0 Å². The number of nitrogens with one attached hydrogen (secondary N) is 2. The van der Waals surface area contributed by atoms with E-state index < -0.39 is 5.60 Å². The molecule has 0 bridgehead atoms. The van der Waals surface area contributed by atoms with Crippen molar-refractivity contribution in [1.82, 2.24) is 10.6 Å². The smallest absolute Gasteiger partial charge is 0.220 e. The first-order valence-corrected chi connectivity index (χ1v) is 13.1. The van der Waals surface area contributed by atoms with Gasteiger partial charge in [-0.05, 0) is 75.6 Å². The second-order valence-electron chi connectivity index (χ2n) is 10.0. The van der Waals surface area contributed by atoms with Crippen molar-refractivity contribution in [2.24, 2.45) is 5.92 Å². The zero-order valence-corrected chi connectivity index (χ0v) is 20.7. The number of hydrogen-bond donors (Lipinski definition) is 3. The number of carbonyl (C=O) groups excluding carboxylic acids is 1. The Hall–Kier alpha value is -1.79. The molecule has 1 aromatic carbocycles. The van der Waals surface area contributed by atoms with Crippen LogP contribution < -0.4 is 20.1 Å². The average Bonchev–Trinajstić information content (AvgIpc) is 3.65. The Kier molecular flexibility index (Phi) is 10.3. The molecule has 1 heterocycles. The third kappa shape index (κ3) is 9.17. The fourth-order valence-corrected chi connectivity index (χ4v) is 4.60. The van der Waals surface area contributed by atoms with Crippen LogP contribution in [-0.2, 0) is 11.2 Å². The van der Waals surface area contributed by atoms with E-state index in [2.05, 4.69) is 23.6 Å². The van der Waals surface area contributed by atoms with Gasteiger partial charge in [-0.1, -0.05) is 38.7 Å². The molecule has 3 N–H and O–H groups in total. The van der Waals surface area contributed by atoms with Crippen molar-refractivity contribution in [2.75, 3.05) is 26.3 Å². The lowest BCUT2D eigenvalue weighted by molar-refractivity contribution is -0.121. The lowest BCUT2D eigenvalue weighted by atomic mass is 9.93. The van der Waals surface area contributed by atoms with Crippen LogP contribution in [0.4, 0.5) is 0 Å². The molecule has 0 aromatic heterocycles. The van der Waals surface area contributed by atoms with Gasteiger partial charge in [0, 0.05) is 19.0 Å². The first kappa shape index (κ1) is 25.8. The monoisotopic (exact) mass is 460 g/mol. The highest BCUT2D eigenvalue weighted by molar-refractivity contribution is 5.76. The van der Waals surface area contributed by atoms with Gasteiger partial charge in [0.25, 0.3) is 0 Å². The molecule has 1 aliphatic carbocycles. The number of benzene rings is 1. The van der Waals surface area contributed by atoms with E-state index in [1.807, 2.05) is 19.1 Å². The SMILES string of the molecule is CCCCCNC[C@H](Cc1ccc2c(c1)OCCO2)NC(=O)CCCCC[C@@](C)(O)C1CC1. The summed E-state index contributed by atoms with van der Waals surface area (Å²) in [5.41, 5.74) is 0.627. The van der Waals surface area contributed by atoms with Crippen LogP contribution in [-0.4, -0.2) is 49.0 Å². The number of fused-ring (bicyclic) bond motifs is 1. The highest BCUT2D eigenvalue weighted by Gasteiger charge is 2.39. The van der Waals surface area contributed by atoms with E-state index in [9.17, 15) is 9.90 Å². The van der Waals surface area contributed by atoms with Crippen molar-refractivity contribution in [3.05, 3.63) is 23.8 Å².